The molecule has 0 fully saturated rings. The molecule has 7 heteroatoms. The van der Waals surface area contributed by atoms with Gasteiger partial charge in [-0.2, -0.15) is 0 Å². The molecular weight excluding hydrogens is 301 g/mol. The molecular formula is C14H9ClFNO4. The molecule has 2 aromatic carbocycles. The number of carboxylic acid groups (broad SMARTS) is 2. The highest BCUT2D eigenvalue weighted by molar-refractivity contribution is 6.33. The number of hydrogen-bond acceptors (Lipinski definition) is 3. The first kappa shape index (κ1) is 14.8. The second-order valence-electron chi connectivity index (χ2n) is 4.12. The summed E-state index contributed by atoms with van der Waals surface area (Å²) in [7, 11) is 0. The fourth-order valence-corrected chi connectivity index (χ4v) is 1.87. The van der Waals surface area contributed by atoms with Crippen molar-refractivity contribution in [1.82, 2.24) is 0 Å². The van der Waals surface area contributed by atoms with Gasteiger partial charge in [-0.1, -0.05) is 11.6 Å². The number of carbonyl (C=O) groups is 2. The zero-order chi connectivity index (χ0) is 15.6. The average Bonchev–Trinajstić information content (AvgIpc) is 2.42. The lowest BCUT2D eigenvalue weighted by Gasteiger charge is -2.12. The van der Waals surface area contributed by atoms with E-state index in [1.165, 1.54) is 24.3 Å². The fraction of sp³-hybridized carbons (Fsp3) is 0. The molecule has 108 valence electrons. The molecule has 0 bridgehead atoms. The quantitative estimate of drug-likeness (QED) is 0.803. The lowest BCUT2D eigenvalue weighted by atomic mass is 10.1. The number of anilines is 2. The van der Waals surface area contributed by atoms with Crippen molar-refractivity contribution in [3.63, 3.8) is 0 Å². The second kappa shape index (κ2) is 5.80. The summed E-state index contributed by atoms with van der Waals surface area (Å²) in [5, 5.41) is 20.9. The van der Waals surface area contributed by atoms with E-state index < -0.39 is 17.8 Å². The number of benzene rings is 2. The lowest BCUT2D eigenvalue weighted by Crippen LogP contribution is -2.04. The van der Waals surface area contributed by atoms with E-state index in [-0.39, 0.29) is 27.5 Å². The molecule has 0 saturated carbocycles. The number of nitrogens with one attached hydrogen (secondary N) is 1. The molecule has 0 saturated heterocycles. The summed E-state index contributed by atoms with van der Waals surface area (Å²) in [5.74, 6) is -3.15. The van der Waals surface area contributed by atoms with E-state index in [9.17, 15) is 14.0 Å². The Hall–Kier alpha value is -2.60. The third-order valence-corrected chi connectivity index (χ3v) is 3.02. The molecule has 0 amide bonds. The highest BCUT2D eigenvalue weighted by atomic mass is 35.5. The minimum Gasteiger partial charge on any atom is -0.478 e. The largest absolute Gasteiger partial charge is 0.478 e. The normalized spacial score (nSPS) is 10.2. The highest BCUT2D eigenvalue weighted by Gasteiger charge is 2.14. The zero-order valence-corrected chi connectivity index (χ0v) is 11.2. The maximum absolute atomic E-state index is 13.1. The van der Waals surface area contributed by atoms with Crippen molar-refractivity contribution in [3.8, 4) is 0 Å². The Morgan fingerprint density at radius 1 is 1.00 bits per heavy atom. The third-order valence-electron chi connectivity index (χ3n) is 2.69. The van der Waals surface area contributed by atoms with Crippen molar-refractivity contribution in [2.75, 3.05) is 5.32 Å². The average molecular weight is 310 g/mol. The van der Waals surface area contributed by atoms with E-state index in [4.69, 9.17) is 21.8 Å². The van der Waals surface area contributed by atoms with E-state index in [1.807, 2.05) is 0 Å². The Kier molecular flexibility index (Phi) is 4.09. The fourth-order valence-electron chi connectivity index (χ4n) is 1.70. The molecule has 0 heterocycles. The molecule has 0 aliphatic rings. The topological polar surface area (TPSA) is 86.6 Å². The molecule has 21 heavy (non-hydrogen) atoms. The van der Waals surface area contributed by atoms with E-state index in [0.29, 0.717) is 0 Å². The number of halogens is 2. The number of hydrogen-bond donors (Lipinski definition) is 3. The van der Waals surface area contributed by atoms with E-state index in [2.05, 4.69) is 5.32 Å². The van der Waals surface area contributed by atoms with Crippen LogP contribution >= 0.6 is 11.6 Å². The Morgan fingerprint density at radius 2 is 1.71 bits per heavy atom. The minimum absolute atomic E-state index is 0.0131. The van der Waals surface area contributed by atoms with Gasteiger partial charge < -0.3 is 15.5 Å². The highest BCUT2D eigenvalue weighted by Crippen LogP contribution is 2.28. The number of carboxylic acids is 2. The molecule has 0 atom stereocenters. The van der Waals surface area contributed by atoms with Crippen molar-refractivity contribution in [2.45, 2.75) is 0 Å². The summed E-state index contributed by atoms with van der Waals surface area (Å²) in [4.78, 5) is 22.0. The molecule has 0 spiro atoms. The van der Waals surface area contributed by atoms with Crippen LogP contribution in [-0.2, 0) is 0 Å². The number of rotatable bonds is 4. The van der Waals surface area contributed by atoms with E-state index >= 15 is 0 Å². The molecule has 3 N–H and O–H groups in total. The summed E-state index contributed by atoms with van der Waals surface area (Å²) in [5.41, 5.74) is 0.0201. The first-order valence-electron chi connectivity index (χ1n) is 5.71. The van der Waals surface area contributed by atoms with E-state index in [1.54, 1.807) is 0 Å². The zero-order valence-electron chi connectivity index (χ0n) is 10.4. The molecule has 5 nitrogen and oxygen atoms in total. The Morgan fingerprint density at radius 3 is 2.33 bits per heavy atom. The van der Waals surface area contributed by atoms with Gasteiger partial charge in [0.2, 0.25) is 0 Å². The van der Waals surface area contributed by atoms with Crippen LogP contribution in [0.3, 0.4) is 0 Å². The molecule has 2 rings (SSSR count). The van der Waals surface area contributed by atoms with Gasteiger partial charge in [0.25, 0.3) is 0 Å². The molecule has 0 aliphatic carbocycles. The molecule has 0 aliphatic heterocycles. The van der Waals surface area contributed by atoms with Gasteiger partial charge in [-0.25, -0.2) is 14.0 Å². The van der Waals surface area contributed by atoms with Gasteiger partial charge in [-0.3, -0.25) is 0 Å². The second-order valence-corrected chi connectivity index (χ2v) is 4.53. The van der Waals surface area contributed by atoms with Gasteiger partial charge >= 0.3 is 11.9 Å². The van der Waals surface area contributed by atoms with Crippen LogP contribution in [0.1, 0.15) is 20.7 Å². The first-order valence-corrected chi connectivity index (χ1v) is 6.09. The number of aromatic carboxylic acids is 2. The van der Waals surface area contributed by atoms with Gasteiger partial charge in [-0.05, 0) is 36.4 Å². The summed E-state index contributed by atoms with van der Waals surface area (Å²) < 4.78 is 13.1. The van der Waals surface area contributed by atoms with Gasteiger partial charge in [0.05, 0.1) is 27.5 Å². The van der Waals surface area contributed by atoms with Crippen LogP contribution in [0.5, 0.6) is 0 Å². The third kappa shape index (κ3) is 3.29. The lowest BCUT2D eigenvalue weighted by molar-refractivity contribution is 0.0686. The summed E-state index contributed by atoms with van der Waals surface area (Å²) in [6.07, 6.45) is 0. The van der Waals surface area contributed by atoms with Crippen LogP contribution in [0.2, 0.25) is 5.02 Å². The van der Waals surface area contributed by atoms with Gasteiger partial charge in [0, 0.05) is 0 Å². The Bertz CT molecular complexity index is 733. The van der Waals surface area contributed by atoms with Crippen molar-refractivity contribution in [2.24, 2.45) is 0 Å². The standard InChI is InChI=1S/C14H9ClFNO4/c15-10-3-1-7(13(18)19)5-12(10)17-11-4-2-8(16)6-9(11)14(20)21/h1-6,17H,(H,18,19)(H,20,21). The maximum Gasteiger partial charge on any atom is 0.337 e. The van der Waals surface area contributed by atoms with Crippen LogP contribution in [0.15, 0.2) is 36.4 Å². The summed E-state index contributed by atoms with van der Waals surface area (Å²) in [6.45, 7) is 0. The predicted octanol–water partition coefficient (Wildman–Crippen LogP) is 3.62. The SMILES string of the molecule is O=C(O)c1ccc(Cl)c(Nc2ccc(F)cc2C(=O)O)c1. The van der Waals surface area contributed by atoms with Gasteiger partial charge in [-0.15, -0.1) is 0 Å². The van der Waals surface area contributed by atoms with Crippen LogP contribution in [0, 0.1) is 5.82 Å². The molecule has 0 radical (unpaired) electrons. The minimum atomic E-state index is -1.32. The maximum atomic E-state index is 13.1. The van der Waals surface area contributed by atoms with Crippen LogP contribution < -0.4 is 5.32 Å². The van der Waals surface area contributed by atoms with Crippen molar-refractivity contribution >= 4 is 34.9 Å². The summed E-state index contributed by atoms with van der Waals surface area (Å²) >= 11 is 5.94. The first-order chi connectivity index (χ1) is 9.88. The van der Waals surface area contributed by atoms with Gasteiger partial charge in [0.15, 0.2) is 0 Å². The summed E-state index contributed by atoms with van der Waals surface area (Å²) in [6, 6.07) is 7.14. The molecule has 0 unspecified atom stereocenters. The van der Waals surface area contributed by atoms with Crippen molar-refractivity contribution < 1.29 is 24.2 Å². The molecule has 0 aromatic heterocycles. The van der Waals surface area contributed by atoms with Crippen LogP contribution in [0.4, 0.5) is 15.8 Å². The monoisotopic (exact) mass is 309 g/mol. The van der Waals surface area contributed by atoms with Crippen molar-refractivity contribution in [3.05, 3.63) is 58.4 Å². The van der Waals surface area contributed by atoms with Crippen molar-refractivity contribution in [1.29, 1.82) is 0 Å². The van der Waals surface area contributed by atoms with Crippen LogP contribution in [0.25, 0.3) is 0 Å². The van der Waals surface area contributed by atoms with Gasteiger partial charge in [0.1, 0.15) is 5.82 Å². The smallest absolute Gasteiger partial charge is 0.337 e. The Labute approximate surface area is 123 Å². The Balaban J connectivity index is 2.45. The van der Waals surface area contributed by atoms with Crippen LogP contribution in [-0.4, -0.2) is 22.2 Å². The van der Waals surface area contributed by atoms with E-state index in [0.717, 1.165) is 12.1 Å². The predicted molar refractivity (Wildman–Crippen MR) is 75.1 cm³/mol. The molecule has 2 aromatic rings.